The van der Waals surface area contributed by atoms with Gasteiger partial charge in [-0.2, -0.15) is 0 Å². The lowest BCUT2D eigenvalue weighted by molar-refractivity contribution is -0.304. The lowest BCUT2D eigenvalue weighted by atomic mass is 9.96. The van der Waals surface area contributed by atoms with Crippen molar-refractivity contribution < 1.29 is 24.1 Å². The van der Waals surface area contributed by atoms with Crippen molar-refractivity contribution in [3.05, 3.63) is 42.5 Å². The van der Waals surface area contributed by atoms with Crippen LogP contribution < -0.4 is 4.74 Å². The van der Waals surface area contributed by atoms with Crippen molar-refractivity contribution in [3.8, 4) is 5.75 Å². The van der Waals surface area contributed by atoms with E-state index in [0.717, 1.165) is 11.3 Å². The quantitative estimate of drug-likeness (QED) is 0.677. The Kier molecular flexibility index (Phi) is 4.81. The van der Waals surface area contributed by atoms with Crippen LogP contribution in [0.2, 0.25) is 0 Å². The molecule has 1 aromatic rings. The molecule has 0 bridgehead atoms. The minimum absolute atomic E-state index is 0.145. The molecule has 3 rings (SSSR count). The van der Waals surface area contributed by atoms with Gasteiger partial charge in [-0.15, -0.1) is 15.8 Å². The highest BCUT2D eigenvalue weighted by Gasteiger charge is 2.46. The molecule has 22 heavy (non-hydrogen) atoms. The zero-order valence-corrected chi connectivity index (χ0v) is 13.6. The monoisotopic (exact) mass is 324 g/mol. The Bertz CT molecular complexity index is 518. The topological polar surface area (TPSA) is 57.2 Å². The maximum atomic E-state index is 10.5. The van der Waals surface area contributed by atoms with E-state index in [1.54, 1.807) is 13.2 Å². The molecule has 2 fully saturated rings. The van der Waals surface area contributed by atoms with Gasteiger partial charge < -0.3 is 24.1 Å². The molecule has 2 aliphatic heterocycles. The number of methoxy groups -OCH3 is 1. The molecule has 2 heterocycles. The maximum Gasteiger partial charge on any atom is 0.184 e. The number of hydrogen-bond acceptors (Lipinski definition) is 5. The third-order valence-corrected chi connectivity index (χ3v) is 4.90. The fourth-order valence-corrected chi connectivity index (χ4v) is 3.29. The highest BCUT2D eigenvalue weighted by atomic mass is 31.0. The molecule has 6 heteroatoms. The van der Waals surface area contributed by atoms with Crippen LogP contribution in [0.15, 0.2) is 36.9 Å². The molecule has 2 unspecified atom stereocenters. The first-order valence-electron chi connectivity index (χ1n) is 7.26. The van der Waals surface area contributed by atoms with Crippen molar-refractivity contribution in [3.63, 3.8) is 0 Å². The molecule has 0 radical (unpaired) electrons. The summed E-state index contributed by atoms with van der Waals surface area (Å²) in [6, 6.07) is 7.50. The van der Waals surface area contributed by atoms with E-state index in [2.05, 4.69) is 15.8 Å². The van der Waals surface area contributed by atoms with Gasteiger partial charge in [0.15, 0.2) is 6.29 Å². The van der Waals surface area contributed by atoms with Crippen LogP contribution in [0.4, 0.5) is 0 Å². The van der Waals surface area contributed by atoms with Gasteiger partial charge in [0.05, 0.1) is 25.9 Å². The van der Waals surface area contributed by atoms with Gasteiger partial charge in [0, 0.05) is 11.2 Å². The molecule has 120 valence electrons. The number of hydrogen-bond donors (Lipinski definition) is 1. The molecule has 1 N–H and O–H groups in total. The van der Waals surface area contributed by atoms with Gasteiger partial charge in [-0.05, 0) is 12.1 Å². The summed E-state index contributed by atoms with van der Waals surface area (Å²) in [6.45, 7) is 4.12. The first kappa shape index (κ1) is 15.9. The molecule has 2 saturated heterocycles. The van der Waals surface area contributed by atoms with Crippen LogP contribution in [0.1, 0.15) is 11.9 Å². The van der Waals surface area contributed by atoms with Gasteiger partial charge in [-0.3, -0.25) is 0 Å². The summed E-state index contributed by atoms with van der Waals surface area (Å²) in [4.78, 5) is 0. The van der Waals surface area contributed by atoms with Crippen molar-refractivity contribution >= 4 is 9.24 Å². The predicted octanol–water partition coefficient (Wildman–Crippen LogP) is 1.67. The zero-order chi connectivity index (χ0) is 15.7. The SMILES string of the molecule is C=C[C@H]1O[C@@H]2COC(c3ccc(OC)cc3)O[C@H]2[C@@H](O)[C@@H]1P. The summed E-state index contributed by atoms with van der Waals surface area (Å²) in [5.41, 5.74) is 0.742. The maximum absolute atomic E-state index is 10.5. The van der Waals surface area contributed by atoms with Crippen LogP contribution in [0.5, 0.6) is 5.75 Å². The van der Waals surface area contributed by atoms with E-state index in [1.165, 1.54) is 0 Å². The molecule has 5 nitrogen and oxygen atoms in total. The zero-order valence-electron chi connectivity index (χ0n) is 12.4. The number of aliphatic hydroxyl groups is 1. The molecular formula is C16H21O5P. The average molecular weight is 324 g/mol. The molecule has 2 aliphatic rings. The number of fused-ring (bicyclic) bond motifs is 1. The van der Waals surface area contributed by atoms with Gasteiger partial charge in [0.2, 0.25) is 0 Å². The summed E-state index contributed by atoms with van der Waals surface area (Å²) in [7, 11) is 4.24. The minimum Gasteiger partial charge on any atom is -0.497 e. The standard InChI is InChI=1S/C16H21O5P/c1-3-11-15(22)13(17)14-12(20-11)8-19-16(21-14)9-4-6-10(18-2)7-5-9/h3-7,11-17H,1,8,22H2,2H3/t11-,12-,13-,14-,15-,16?/m1/s1. The molecule has 0 saturated carbocycles. The third-order valence-electron chi connectivity index (χ3n) is 4.12. The predicted molar refractivity (Wildman–Crippen MR) is 84.9 cm³/mol. The van der Waals surface area contributed by atoms with Crippen molar-refractivity contribution in [1.82, 2.24) is 0 Å². The second-order valence-electron chi connectivity index (χ2n) is 5.48. The van der Waals surface area contributed by atoms with E-state index in [9.17, 15) is 5.11 Å². The smallest absolute Gasteiger partial charge is 0.184 e. The van der Waals surface area contributed by atoms with Crippen LogP contribution in [0.25, 0.3) is 0 Å². The van der Waals surface area contributed by atoms with Gasteiger partial charge in [0.1, 0.15) is 18.0 Å². The van der Waals surface area contributed by atoms with E-state index in [1.807, 2.05) is 24.3 Å². The summed E-state index contributed by atoms with van der Waals surface area (Å²) < 4.78 is 22.7. The molecule has 7 atom stereocenters. The normalized spacial score (nSPS) is 38.1. The fourth-order valence-electron chi connectivity index (χ4n) is 2.82. The minimum atomic E-state index is -0.642. The summed E-state index contributed by atoms with van der Waals surface area (Å²) in [5.74, 6) is 0.775. The van der Waals surface area contributed by atoms with E-state index in [-0.39, 0.29) is 17.9 Å². The summed E-state index contributed by atoms with van der Waals surface area (Å²) in [5, 5.41) is 10.5. The van der Waals surface area contributed by atoms with Crippen molar-refractivity contribution in [2.24, 2.45) is 0 Å². The lowest BCUT2D eigenvalue weighted by Gasteiger charge is -2.46. The van der Waals surface area contributed by atoms with E-state index >= 15 is 0 Å². The Hall–Kier alpha value is -0.970. The van der Waals surface area contributed by atoms with E-state index in [4.69, 9.17) is 18.9 Å². The van der Waals surface area contributed by atoms with Crippen molar-refractivity contribution in [2.45, 2.75) is 36.4 Å². The average Bonchev–Trinajstić information content (AvgIpc) is 2.58. The Morgan fingerprint density at radius 1 is 1.32 bits per heavy atom. The molecule has 1 aromatic carbocycles. The summed E-state index contributed by atoms with van der Waals surface area (Å²) >= 11 is 0. The largest absolute Gasteiger partial charge is 0.497 e. The third kappa shape index (κ3) is 2.92. The Balaban J connectivity index is 1.73. The fraction of sp³-hybridized carbons (Fsp3) is 0.500. The van der Waals surface area contributed by atoms with E-state index in [0.29, 0.717) is 6.61 Å². The van der Waals surface area contributed by atoms with Crippen LogP contribution in [-0.2, 0) is 14.2 Å². The van der Waals surface area contributed by atoms with Gasteiger partial charge >= 0.3 is 0 Å². The molecular weight excluding hydrogens is 303 g/mol. The number of ether oxygens (including phenoxy) is 4. The lowest BCUT2D eigenvalue weighted by Crippen LogP contribution is -2.59. The van der Waals surface area contributed by atoms with Crippen molar-refractivity contribution in [1.29, 1.82) is 0 Å². The number of aliphatic hydroxyl groups excluding tert-OH is 1. The molecule has 0 aromatic heterocycles. The second-order valence-corrected chi connectivity index (χ2v) is 6.25. The molecule has 0 aliphatic carbocycles. The van der Waals surface area contributed by atoms with Crippen LogP contribution >= 0.6 is 9.24 Å². The molecule has 0 amide bonds. The number of benzene rings is 1. The van der Waals surface area contributed by atoms with Crippen LogP contribution in [0.3, 0.4) is 0 Å². The molecule has 0 spiro atoms. The van der Waals surface area contributed by atoms with Crippen LogP contribution in [0, 0.1) is 0 Å². The van der Waals surface area contributed by atoms with Gasteiger partial charge in [-0.1, -0.05) is 18.2 Å². The van der Waals surface area contributed by atoms with Gasteiger partial charge in [0.25, 0.3) is 0 Å². The second kappa shape index (κ2) is 6.65. The number of rotatable bonds is 3. The van der Waals surface area contributed by atoms with Gasteiger partial charge in [-0.25, -0.2) is 0 Å². The highest BCUT2D eigenvalue weighted by Crippen LogP contribution is 2.36. The van der Waals surface area contributed by atoms with E-state index < -0.39 is 18.5 Å². The summed E-state index contributed by atoms with van der Waals surface area (Å²) in [6.07, 6.45) is -0.374. The Labute approximate surface area is 132 Å². The Morgan fingerprint density at radius 3 is 2.68 bits per heavy atom. The first-order chi connectivity index (χ1) is 10.6. The first-order valence-corrected chi connectivity index (χ1v) is 7.93. The highest BCUT2D eigenvalue weighted by molar-refractivity contribution is 7.17. The van der Waals surface area contributed by atoms with Crippen molar-refractivity contribution in [2.75, 3.05) is 13.7 Å². The Morgan fingerprint density at radius 2 is 2.05 bits per heavy atom. The van der Waals surface area contributed by atoms with Crippen LogP contribution in [-0.4, -0.2) is 48.9 Å².